The van der Waals surface area contributed by atoms with Gasteiger partial charge in [-0.05, 0) is 43.2 Å². The number of aliphatic hydroxyl groups excluding tert-OH is 1. The number of hydrogen-bond donors (Lipinski definition) is 4. The number of fused-ring (bicyclic) bond motifs is 1. The molecule has 0 unspecified atom stereocenters. The molecule has 0 aliphatic carbocycles. The van der Waals surface area contributed by atoms with E-state index in [1.54, 1.807) is 17.9 Å². The Morgan fingerprint density at radius 2 is 1.96 bits per heavy atom. The summed E-state index contributed by atoms with van der Waals surface area (Å²) >= 11 is 0. The molecule has 5 N–H and O–H groups in total. The lowest BCUT2D eigenvalue weighted by Gasteiger charge is -2.21. The van der Waals surface area contributed by atoms with Crippen LogP contribution < -0.4 is 21.1 Å². The highest BCUT2D eigenvalue weighted by molar-refractivity contribution is 5.96. The number of methoxy groups -OCH3 is 1. The number of aryl methyl sites for hydroxylation is 1. The van der Waals surface area contributed by atoms with Gasteiger partial charge in [-0.2, -0.15) is 4.39 Å². The number of hydrogen-bond acceptors (Lipinski definition) is 9. The largest absolute Gasteiger partial charge is 0.494 e. The quantitative estimate of drug-likeness (QED) is 0.173. The first-order valence-electron chi connectivity index (χ1n) is 14.1. The summed E-state index contributed by atoms with van der Waals surface area (Å²) in [7, 11) is 1.24. The van der Waals surface area contributed by atoms with Crippen LogP contribution in [0.5, 0.6) is 5.75 Å². The summed E-state index contributed by atoms with van der Waals surface area (Å²) in [4.78, 5) is 34.6. The molecular formula is C30H32F3N7O5. The Balaban J connectivity index is 1.20. The summed E-state index contributed by atoms with van der Waals surface area (Å²) < 4.78 is 56.2. The van der Waals surface area contributed by atoms with Gasteiger partial charge in [0.25, 0.3) is 5.91 Å². The van der Waals surface area contributed by atoms with Gasteiger partial charge in [0.2, 0.25) is 11.7 Å². The molecule has 2 aromatic heterocycles. The molecule has 12 nitrogen and oxygen atoms in total. The van der Waals surface area contributed by atoms with E-state index in [0.29, 0.717) is 18.7 Å². The standard InChI is InChI=1S/C30H32F3N7O5/c1-16-11-17(12-20(31)24(16)30(43)36-6-9-45-10-8-39-15-18(41)13-21(39)27(34)42)38-28-29-37-14-22(40(29)7-5-35-28)19-3-4-23(44-2)26(33)25(19)32/h3-5,7,11-12,14,18,21,41H,6,8-10,13,15H2,1-2H3,(H2,34,42)(H,35,38)(H,36,43)/t18-,21+/m1/s1. The molecule has 45 heavy (non-hydrogen) atoms. The van der Waals surface area contributed by atoms with Gasteiger partial charge >= 0.3 is 0 Å². The van der Waals surface area contributed by atoms with Gasteiger partial charge in [0.1, 0.15) is 5.82 Å². The number of nitrogens with zero attached hydrogens (tertiary/aromatic N) is 4. The zero-order chi connectivity index (χ0) is 32.2. The number of benzene rings is 2. The van der Waals surface area contributed by atoms with Crippen molar-refractivity contribution in [3.8, 4) is 17.0 Å². The summed E-state index contributed by atoms with van der Waals surface area (Å²) in [6, 6.07) is 4.87. The monoisotopic (exact) mass is 627 g/mol. The molecule has 0 radical (unpaired) electrons. The lowest BCUT2D eigenvalue weighted by Crippen LogP contribution is -2.42. The van der Waals surface area contributed by atoms with Crippen molar-refractivity contribution in [1.29, 1.82) is 0 Å². The van der Waals surface area contributed by atoms with Gasteiger partial charge in [0, 0.05) is 43.3 Å². The second kappa shape index (κ2) is 13.5. The molecular weight excluding hydrogens is 595 g/mol. The fourth-order valence-corrected chi connectivity index (χ4v) is 5.37. The minimum absolute atomic E-state index is 0.0382. The van der Waals surface area contributed by atoms with Crippen molar-refractivity contribution in [2.45, 2.75) is 25.5 Å². The molecule has 1 saturated heterocycles. The minimum atomic E-state index is -1.13. The number of rotatable bonds is 12. The molecule has 5 rings (SSSR count). The molecule has 2 amide bonds. The van der Waals surface area contributed by atoms with E-state index in [2.05, 4.69) is 20.6 Å². The van der Waals surface area contributed by atoms with E-state index in [1.165, 1.54) is 42.2 Å². The number of aliphatic hydroxyl groups is 1. The van der Waals surface area contributed by atoms with Crippen LogP contribution >= 0.6 is 0 Å². The molecule has 15 heteroatoms. The highest BCUT2D eigenvalue weighted by Crippen LogP contribution is 2.32. The van der Waals surface area contributed by atoms with Crippen molar-refractivity contribution in [3.63, 3.8) is 0 Å². The third kappa shape index (κ3) is 6.69. The molecule has 1 fully saturated rings. The average molecular weight is 628 g/mol. The van der Waals surface area contributed by atoms with Crippen LogP contribution in [0.25, 0.3) is 16.9 Å². The normalized spacial score (nSPS) is 16.7. The zero-order valence-electron chi connectivity index (χ0n) is 24.5. The second-order valence-corrected chi connectivity index (χ2v) is 10.5. The van der Waals surface area contributed by atoms with Crippen LogP contribution in [-0.4, -0.2) is 88.3 Å². The predicted octanol–water partition coefficient (Wildman–Crippen LogP) is 2.54. The Morgan fingerprint density at radius 3 is 2.69 bits per heavy atom. The number of carbonyl (C=O) groups is 2. The molecule has 0 spiro atoms. The highest BCUT2D eigenvalue weighted by atomic mass is 19.2. The van der Waals surface area contributed by atoms with Gasteiger partial charge in [-0.25, -0.2) is 18.7 Å². The third-order valence-electron chi connectivity index (χ3n) is 7.51. The Bertz CT molecular complexity index is 1710. The van der Waals surface area contributed by atoms with E-state index in [-0.39, 0.29) is 65.9 Å². The number of aromatic nitrogens is 3. The van der Waals surface area contributed by atoms with Crippen LogP contribution in [0.15, 0.2) is 42.9 Å². The summed E-state index contributed by atoms with van der Waals surface area (Å²) in [6.07, 6.45) is 3.99. The Kier molecular flexibility index (Phi) is 9.51. The number of amides is 2. The van der Waals surface area contributed by atoms with Gasteiger partial charge in [-0.15, -0.1) is 0 Å². The van der Waals surface area contributed by atoms with E-state index in [1.807, 2.05) is 0 Å². The van der Waals surface area contributed by atoms with Crippen LogP contribution in [0.1, 0.15) is 22.3 Å². The van der Waals surface area contributed by atoms with E-state index in [0.717, 1.165) is 6.07 Å². The SMILES string of the molecule is COc1ccc(-c2cnc3c(Nc4cc(C)c(C(=O)NCCOCCN5C[C@H](O)C[C@H]5C(N)=O)c(F)c4)nccn23)c(F)c1F. The Labute approximate surface area is 256 Å². The number of nitrogens with two attached hydrogens (primary N) is 1. The van der Waals surface area contributed by atoms with Gasteiger partial charge < -0.3 is 30.9 Å². The van der Waals surface area contributed by atoms with Gasteiger partial charge in [-0.1, -0.05) is 0 Å². The van der Waals surface area contributed by atoms with Crippen molar-refractivity contribution < 1.29 is 37.3 Å². The van der Waals surface area contributed by atoms with E-state index in [9.17, 15) is 23.5 Å². The number of ether oxygens (including phenoxy) is 2. The lowest BCUT2D eigenvalue weighted by atomic mass is 10.1. The number of anilines is 2. The lowest BCUT2D eigenvalue weighted by molar-refractivity contribution is -0.122. The predicted molar refractivity (Wildman–Crippen MR) is 158 cm³/mol. The van der Waals surface area contributed by atoms with Crippen molar-refractivity contribution in [3.05, 3.63) is 71.4 Å². The maximum absolute atomic E-state index is 15.2. The number of primary amides is 1. The van der Waals surface area contributed by atoms with Crippen LogP contribution in [0.3, 0.4) is 0 Å². The van der Waals surface area contributed by atoms with Crippen molar-refractivity contribution >= 4 is 29.0 Å². The Morgan fingerprint density at radius 1 is 1.16 bits per heavy atom. The summed E-state index contributed by atoms with van der Waals surface area (Å²) in [5.41, 5.74) is 6.38. The third-order valence-corrected chi connectivity index (χ3v) is 7.51. The topological polar surface area (TPSA) is 156 Å². The molecule has 0 bridgehead atoms. The van der Waals surface area contributed by atoms with E-state index >= 15 is 4.39 Å². The molecule has 1 aliphatic heterocycles. The fourth-order valence-electron chi connectivity index (χ4n) is 5.37. The number of imidazole rings is 1. The highest BCUT2D eigenvalue weighted by Gasteiger charge is 2.34. The van der Waals surface area contributed by atoms with Gasteiger partial charge in [0.15, 0.2) is 23.0 Å². The summed E-state index contributed by atoms with van der Waals surface area (Å²) in [6.45, 7) is 2.83. The van der Waals surface area contributed by atoms with Crippen LogP contribution in [0.4, 0.5) is 24.7 Å². The van der Waals surface area contributed by atoms with Crippen LogP contribution in [0.2, 0.25) is 0 Å². The first-order valence-corrected chi connectivity index (χ1v) is 14.1. The Hall–Kier alpha value is -4.73. The molecule has 238 valence electrons. The number of halogens is 3. The number of likely N-dealkylation sites (tertiary alicyclic amines) is 1. The number of β-amino-alcohol motifs (C(OH)–C–C–N with tert-alkyl or cyclic N) is 1. The van der Waals surface area contributed by atoms with Crippen LogP contribution in [-0.2, 0) is 9.53 Å². The molecule has 2 aromatic carbocycles. The van der Waals surface area contributed by atoms with Crippen molar-refractivity contribution in [1.82, 2.24) is 24.6 Å². The maximum atomic E-state index is 15.2. The molecule has 3 heterocycles. The summed E-state index contributed by atoms with van der Waals surface area (Å²) in [5, 5.41) is 15.4. The number of carbonyl (C=O) groups excluding carboxylic acids is 2. The zero-order valence-corrected chi connectivity index (χ0v) is 24.5. The first kappa shape index (κ1) is 31.7. The maximum Gasteiger partial charge on any atom is 0.254 e. The van der Waals surface area contributed by atoms with Gasteiger partial charge in [0.05, 0.1) is 49.9 Å². The minimum Gasteiger partial charge on any atom is -0.494 e. The van der Waals surface area contributed by atoms with E-state index < -0.39 is 41.4 Å². The molecule has 4 aromatic rings. The summed E-state index contributed by atoms with van der Waals surface area (Å²) in [5.74, 6) is -4.12. The van der Waals surface area contributed by atoms with Gasteiger partial charge in [-0.3, -0.25) is 18.9 Å². The molecule has 1 aliphatic rings. The molecule has 0 saturated carbocycles. The van der Waals surface area contributed by atoms with E-state index in [4.69, 9.17) is 15.2 Å². The second-order valence-electron chi connectivity index (χ2n) is 10.5. The molecule has 2 atom stereocenters. The average Bonchev–Trinajstić information content (AvgIpc) is 3.60. The smallest absolute Gasteiger partial charge is 0.254 e. The van der Waals surface area contributed by atoms with Crippen LogP contribution in [0, 0.1) is 24.4 Å². The first-order chi connectivity index (χ1) is 21.6. The fraction of sp³-hybridized carbons (Fsp3) is 0.333. The number of nitrogens with one attached hydrogen (secondary N) is 2. The van der Waals surface area contributed by atoms with Crippen molar-refractivity contribution in [2.24, 2.45) is 5.73 Å². The van der Waals surface area contributed by atoms with Crippen molar-refractivity contribution in [2.75, 3.05) is 45.3 Å².